The van der Waals surface area contributed by atoms with Crippen LogP contribution in [0.1, 0.15) is 0 Å². The third-order valence-corrected chi connectivity index (χ3v) is 12.3. The van der Waals surface area contributed by atoms with Crippen LogP contribution in [0, 0.1) is 0 Å². The molecular formula is C46H27NOS2. The van der Waals surface area contributed by atoms with E-state index < -0.39 is 0 Å². The minimum Gasteiger partial charge on any atom is -0.455 e. The van der Waals surface area contributed by atoms with Crippen molar-refractivity contribution >= 4 is 113 Å². The van der Waals surface area contributed by atoms with Gasteiger partial charge in [0.15, 0.2) is 0 Å². The van der Waals surface area contributed by atoms with Crippen LogP contribution in [-0.2, 0) is 0 Å². The van der Waals surface area contributed by atoms with Crippen LogP contribution in [0.3, 0.4) is 0 Å². The Balaban J connectivity index is 1.21. The summed E-state index contributed by atoms with van der Waals surface area (Å²) in [5.74, 6) is 0. The van der Waals surface area contributed by atoms with Crippen LogP contribution in [0.15, 0.2) is 168 Å². The molecule has 50 heavy (non-hydrogen) atoms. The quantitative estimate of drug-likeness (QED) is 0.185. The number of benzene rings is 8. The Morgan fingerprint density at radius 2 is 1.08 bits per heavy atom. The molecule has 4 heteroatoms. The van der Waals surface area contributed by atoms with Crippen molar-refractivity contribution in [2.24, 2.45) is 0 Å². The van der Waals surface area contributed by atoms with Crippen LogP contribution in [0.2, 0.25) is 0 Å². The van der Waals surface area contributed by atoms with E-state index in [4.69, 9.17) is 4.42 Å². The van der Waals surface area contributed by atoms with Crippen molar-refractivity contribution in [1.29, 1.82) is 0 Å². The summed E-state index contributed by atoms with van der Waals surface area (Å²) in [6.45, 7) is 0. The molecule has 0 N–H and O–H groups in total. The number of para-hydroxylation sites is 1. The van der Waals surface area contributed by atoms with Crippen LogP contribution >= 0.6 is 22.7 Å². The van der Waals surface area contributed by atoms with Gasteiger partial charge in [0.25, 0.3) is 0 Å². The Morgan fingerprint density at radius 1 is 0.420 bits per heavy atom. The molecule has 0 bridgehead atoms. The number of hydrogen-bond acceptors (Lipinski definition) is 4. The second-order valence-electron chi connectivity index (χ2n) is 12.9. The number of rotatable bonds is 4. The van der Waals surface area contributed by atoms with Crippen LogP contribution in [-0.4, -0.2) is 0 Å². The van der Waals surface area contributed by atoms with E-state index in [9.17, 15) is 0 Å². The highest BCUT2D eigenvalue weighted by atomic mass is 32.1. The van der Waals surface area contributed by atoms with Gasteiger partial charge in [0, 0.05) is 62.4 Å². The van der Waals surface area contributed by atoms with E-state index in [1.165, 1.54) is 56.9 Å². The standard InChI is InChI=1S/C46H27NOS2/c1-2-12-32-28(10-1)20-24-36-45-39(16-9-17-40(45)48-46(32)36)47(30-22-25-43-37(27-30)34-14-5-8-19-42(34)49-43)38-15-6-3-11-31(38)29-21-23-35-33-13-4-7-18-41(33)50-44(35)26-29/h1-27H. The third-order valence-electron chi connectivity index (χ3n) is 10.1. The summed E-state index contributed by atoms with van der Waals surface area (Å²) in [5, 5.41) is 9.71. The van der Waals surface area contributed by atoms with Gasteiger partial charge in [-0.1, -0.05) is 103 Å². The lowest BCUT2D eigenvalue weighted by molar-refractivity contribution is 0.672. The highest BCUT2D eigenvalue weighted by Gasteiger charge is 2.23. The van der Waals surface area contributed by atoms with Gasteiger partial charge in [0.2, 0.25) is 0 Å². The Bertz CT molecular complexity index is 3130. The van der Waals surface area contributed by atoms with E-state index in [1.54, 1.807) is 0 Å². The average Bonchev–Trinajstić information content (AvgIpc) is 3.86. The summed E-state index contributed by atoms with van der Waals surface area (Å²) < 4.78 is 11.9. The lowest BCUT2D eigenvalue weighted by Gasteiger charge is -2.28. The molecule has 0 atom stereocenters. The van der Waals surface area contributed by atoms with E-state index in [0.717, 1.165) is 44.4 Å². The minimum absolute atomic E-state index is 0.880. The molecular weight excluding hydrogens is 647 g/mol. The van der Waals surface area contributed by atoms with Gasteiger partial charge in [0.1, 0.15) is 11.2 Å². The van der Waals surface area contributed by atoms with Gasteiger partial charge in [-0.25, -0.2) is 0 Å². The molecule has 0 radical (unpaired) electrons. The first kappa shape index (κ1) is 28.0. The van der Waals surface area contributed by atoms with Crippen molar-refractivity contribution < 1.29 is 4.42 Å². The van der Waals surface area contributed by atoms with Crippen molar-refractivity contribution in [2.75, 3.05) is 4.90 Å². The average molecular weight is 674 g/mol. The zero-order valence-corrected chi connectivity index (χ0v) is 28.4. The highest BCUT2D eigenvalue weighted by Crippen LogP contribution is 2.48. The Labute approximate surface area is 295 Å². The first-order chi connectivity index (χ1) is 24.8. The molecule has 11 aromatic rings. The molecule has 11 rings (SSSR count). The largest absolute Gasteiger partial charge is 0.455 e. The van der Waals surface area contributed by atoms with Crippen molar-refractivity contribution in [3.05, 3.63) is 164 Å². The molecule has 0 saturated heterocycles. The minimum atomic E-state index is 0.880. The summed E-state index contributed by atoms with van der Waals surface area (Å²) >= 11 is 3.71. The summed E-state index contributed by atoms with van der Waals surface area (Å²) in [5.41, 5.74) is 7.50. The Morgan fingerprint density at radius 3 is 1.96 bits per heavy atom. The summed E-state index contributed by atoms with van der Waals surface area (Å²) in [6.07, 6.45) is 0. The molecule has 8 aromatic carbocycles. The molecule has 0 aliphatic heterocycles. The maximum absolute atomic E-state index is 6.71. The van der Waals surface area contributed by atoms with Crippen LogP contribution in [0.5, 0.6) is 0 Å². The van der Waals surface area contributed by atoms with Gasteiger partial charge in [-0.15, -0.1) is 22.7 Å². The van der Waals surface area contributed by atoms with E-state index in [0.29, 0.717) is 0 Å². The van der Waals surface area contributed by atoms with Crippen LogP contribution in [0.25, 0.3) is 84.2 Å². The van der Waals surface area contributed by atoms with Crippen LogP contribution < -0.4 is 4.90 Å². The number of hydrogen-bond donors (Lipinski definition) is 0. The second kappa shape index (κ2) is 10.8. The van der Waals surface area contributed by atoms with E-state index in [1.807, 2.05) is 22.7 Å². The van der Waals surface area contributed by atoms with Crippen molar-refractivity contribution in [3.63, 3.8) is 0 Å². The molecule has 2 nitrogen and oxygen atoms in total. The molecule has 0 aliphatic carbocycles. The molecule has 0 aliphatic rings. The number of anilines is 3. The zero-order chi connectivity index (χ0) is 32.8. The topological polar surface area (TPSA) is 16.4 Å². The van der Waals surface area contributed by atoms with E-state index in [2.05, 4.69) is 169 Å². The second-order valence-corrected chi connectivity index (χ2v) is 15.0. The zero-order valence-electron chi connectivity index (χ0n) is 26.8. The van der Waals surface area contributed by atoms with Gasteiger partial charge >= 0.3 is 0 Å². The smallest absolute Gasteiger partial charge is 0.143 e. The van der Waals surface area contributed by atoms with Gasteiger partial charge in [-0.3, -0.25) is 0 Å². The SMILES string of the molecule is c1ccc(N(c2ccc3sc4ccccc4c3c2)c2cccc3oc4c5ccccc5ccc4c23)c(-c2ccc3c(c2)sc2ccccc23)c1. The van der Waals surface area contributed by atoms with Crippen molar-refractivity contribution in [1.82, 2.24) is 0 Å². The fraction of sp³-hybridized carbons (Fsp3) is 0. The maximum atomic E-state index is 6.71. The molecule has 0 amide bonds. The Kier molecular flexibility index (Phi) is 6.03. The van der Waals surface area contributed by atoms with Gasteiger partial charge in [-0.05, 0) is 71.6 Å². The van der Waals surface area contributed by atoms with E-state index >= 15 is 0 Å². The van der Waals surface area contributed by atoms with Gasteiger partial charge in [-0.2, -0.15) is 0 Å². The van der Waals surface area contributed by atoms with Gasteiger partial charge in [0.05, 0.1) is 16.8 Å². The molecule has 0 saturated carbocycles. The highest BCUT2D eigenvalue weighted by molar-refractivity contribution is 7.26. The monoisotopic (exact) mass is 673 g/mol. The first-order valence-electron chi connectivity index (χ1n) is 16.8. The summed E-state index contributed by atoms with van der Waals surface area (Å²) in [7, 11) is 0. The lowest BCUT2D eigenvalue weighted by Crippen LogP contribution is -2.11. The fourth-order valence-corrected chi connectivity index (χ4v) is 10.0. The molecule has 3 heterocycles. The molecule has 3 aromatic heterocycles. The number of nitrogens with zero attached hydrogens (tertiary/aromatic N) is 1. The molecule has 0 fully saturated rings. The number of furan rings is 1. The summed E-state index contributed by atoms with van der Waals surface area (Å²) in [6, 6.07) is 59.5. The fourth-order valence-electron chi connectivity index (χ4n) is 7.79. The van der Waals surface area contributed by atoms with Crippen LogP contribution in [0.4, 0.5) is 17.1 Å². The summed E-state index contributed by atoms with van der Waals surface area (Å²) in [4.78, 5) is 2.45. The maximum Gasteiger partial charge on any atom is 0.143 e. The predicted octanol–water partition coefficient (Wildman–Crippen LogP) is 14.6. The predicted molar refractivity (Wildman–Crippen MR) is 217 cm³/mol. The Hall–Kier alpha value is -5.94. The molecule has 0 unspecified atom stereocenters. The van der Waals surface area contributed by atoms with Crippen molar-refractivity contribution in [3.8, 4) is 11.1 Å². The number of thiophene rings is 2. The number of fused-ring (bicyclic) bond motifs is 11. The molecule has 234 valence electrons. The first-order valence-corrected chi connectivity index (χ1v) is 18.5. The van der Waals surface area contributed by atoms with Crippen molar-refractivity contribution in [2.45, 2.75) is 0 Å². The van der Waals surface area contributed by atoms with E-state index in [-0.39, 0.29) is 0 Å². The van der Waals surface area contributed by atoms with Gasteiger partial charge < -0.3 is 9.32 Å². The lowest BCUT2D eigenvalue weighted by atomic mass is 9.99. The third kappa shape index (κ3) is 4.13. The normalized spacial score (nSPS) is 12.0. The molecule has 0 spiro atoms.